The third kappa shape index (κ3) is 6.18. The molecule has 0 N–H and O–H groups in total. The van der Waals surface area contributed by atoms with Gasteiger partial charge in [0.05, 0.1) is 0 Å². The van der Waals surface area contributed by atoms with Crippen molar-refractivity contribution in [3.8, 4) is 78.7 Å². The highest BCUT2D eigenvalue weighted by atomic mass is 15.0. The maximum atomic E-state index is 5.08. The topological polar surface area (TPSA) is 38.7 Å². The molecule has 1 heterocycles. The summed E-state index contributed by atoms with van der Waals surface area (Å²) in [4.78, 5) is 15.2. The molecule has 0 fully saturated rings. The second-order valence-electron chi connectivity index (χ2n) is 11.7. The zero-order chi connectivity index (χ0) is 32.1. The van der Waals surface area contributed by atoms with Crippen molar-refractivity contribution in [2.75, 3.05) is 0 Å². The highest BCUT2D eigenvalue weighted by Crippen LogP contribution is 2.32. The van der Waals surface area contributed by atoms with Gasteiger partial charge >= 0.3 is 0 Å². The summed E-state index contributed by atoms with van der Waals surface area (Å²) in [6, 6.07) is 65.2. The van der Waals surface area contributed by atoms with E-state index in [0.29, 0.717) is 17.5 Å². The first-order valence-electron chi connectivity index (χ1n) is 16.1. The van der Waals surface area contributed by atoms with Gasteiger partial charge in [0.2, 0.25) is 0 Å². The van der Waals surface area contributed by atoms with Crippen molar-refractivity contribution >= 4 is 0 Å². The number of hydrogen-bond acceptors (Lipinski definition) is 3. The zero-order valence-electron chi connectivity index (χ0n) is 26.2. The third-order valence-corrected chi connectivity index (χ3v) is 8.54. The van der Waals surface area contributed by atoms with Gasteiger partial charge in [0.15, 0.2) is 17.5 Å². The molecule has 0 spiro atoms. The summed E-state index contributed by atoms with van der Waals surface area (Å²) in [6.07, 6.45) is 0. The van der Waals surface area contributed by atoms with E-state index in [1.54, 1.807) is 0 Å². The lowest BCUT2D eigenvalue weighted by molar-refractivity contribution is 1.07. The van der Waals surface area contributed by atoms with Gasteiger partial charge in [0.25, 0.3) is 0 Å². The van der Waals surface area contributed by atoms with Gasteiger partial charge in [-0.3, -0.25) is 0 Å². The van der Waals surface area contributed by atoms with Crippen molar-refractivity contribution in [1.29, 1.82) is 0 Å². The van der Waals surface area contributed by atoms with E-state index in [1.165, 1.54) is 11.1 Å². The minimum Gasteiger partial charge on any atom is -0.208 e. The number of rotatable bonds is 7. The van der Waals surface area contributed by atoms with E-state index < -0.39 is 0 Å². The van der Waals surface area contributed by atoms with Crippen LogP contribution in [-0.2, 0) is 0 Å². The standard InChI is InChI=1S/C45H31N3/c1-4-13-32(14-5-1)35-25-27-36(28-26-35)39-21-12-24-42(31-39)45-47-43(40-22-10-19-37(29-40)33-15-6-2-7-16-33)46-44(48-45)41-23-11-20-38(30-41)34-17-8-3-9-18-34/h1-31H. The molecule has 3 nitrogen and oxygen atoms in total. The molecule has 48 heavy (non-hydrogen) atoms. The Morgan fingerprint density at radius 2 is 0.417 bits per heavy atom. The lowest BCUT2D eigenvalue weighted by Gasteiger charge is -2.11. The van der Waals surface area contributed by atoms with Gasteiger partial charge < -0.3 is 0 Å². The Balaban J connectivity index is 1.23. The molecule has 8 rings (SSSR count). The van der Waals surface area contributed by atoms with Crippen LogP contribution in [0.2, 0.25) is 0 Å². The lowest BCUT2D eigenvalue weighted by Crippen LogP contribution is -2.00. The first-order chi connectivity index (χ1) is 23.8. The van der Waals surface area contributed by atoms with Crippen LogP contribution in [0.3, 0.4) is 0 Å². The van der Waals surface area contributed by atoms with Crippen molar-refractivity contribution in [3.05, 3.63) is 188 Å². The average molecular weight is 614 g/mol. The molecule has 0 unspecified atom stereocenters. The molecule has 0 aliphatic heterocycles. The fraction of sp³-hybridized carbons (Fsp3) is 0. The second kappa shape index (κ2) is 13.1. The summed E-state index contributed by atoms with van der Waals surface area (Å²) in [5.74, 6) is 1.90. The van der Waals surface area contributed by atoms with E-state index in [9.17, 15) is 0 Å². The molecular weight excluding hydrogens is 583 g/mol. The fourth-order valence-electron chi connectivity index (χ4n) is 6.02. The third-order valence-electron chi connectivity index (χ3n) is 8.54. The van der Waals surface area contributed by atoms with E-state index in [-0.39, 0.29) is 0 Å². The minimum atomic E-state index is 0.632. The van der Waals surface area contributed by atoms with Gasteiger partial charge in [-0.2, -0.15) is 0 Å². The number of aromatic nitrogens is 3. The zero-order valence-corrected chi connectivity index (χ0v) is 26.2. The minimum absolute atomic E-state index is 0.632. The predicted octanol–water partition coefficient (Wildman–Crippen LogP) is 11.5. The first-order valence-corrected chi connectivity index (χ1v) is 16.1. The summed E-state index contributed by atoms with van der Waals surface area (Å²) in [5.41, 5.74) is 12.0. The molecule has 0 aliphatic carbocycles. The predicted molar refractivity (Wildman–Crippen MR) is 198 cm³/mol. The van der Waals surface area contributed by atoms with E-state index in [4.69, 9.17) is 15.0 Å². The molecule has 0 amide bonds. The van der Waals surface area contributed by atoms with Crippen molar-refractivity contribution in [2.45, 2.75) is 0 Å². The smallest absolute Gasteiger partial charge is 0.164 e. The number of nitrogens with zero attached hydrogens (tertiary/aromatic N) is 3. The molecular formula is C45H31N3. The molecule has 1 aromatic heterocycles. The van der Waals surface area contributed by atoms with Crippen LogP contribution >= 0.6 is 0 Å². The van der Waals surface area contributed by atoms with Crippen molar-refractivity contribution in [3.63, 3.8) is 0 Å². The molecule has 0 radical (unpaired) electrons. The molecule has 0 atom stereocenters. The van der Waals surface area contributed by atoms with Crippen LogP contribution in [0.1, 0.15) is 0 Å². The second-order valence-corrected chi connectivity index (χ2v) is 11.7. The maximum Gasteiger partial charge on any atom is 0.164 e. The van der Waals surface area contributed by atoms with Crippen LogP contribution in [0.4, 0.5) is 0 Å². The van der Waals surface area contributed by atoms with Crippen LogP contribution in [0.25, 0.3) is 78.7 Å². The normalized spacial score (nSPS) is 10.9. The average Bonchev–Trinajstić information content (AvgIpc) is 3.19. The summed E-state index contributed by atoms with van der Waals surface area (Å²) in [7, 11) is 0. The van der Waals surface area contributed by atoms with Gasteiger partial charge in [0.1, 0.15) is 0 Å². The van der Waals surface area contributed by atoms with Crippen LogP contribution in [0.5, 0.6) is 0 Å². The number of hydrogen-bond donors (Lipinski definition) is 0. The monoisotopic (exact) mass is 613 g/mol. The Hall–Kier alpha value is -6.45. The summed E-state index contributed by atoms with van der Waals surface area (Å²) in [6.45, 7) is 0. The molecule has 0 bridgehead atoms. The van der Waals surface area contributed by atoms with Crippen LogP contribution < -0.4 is 0 Å². The van der Waals surface area contributed by atoms with Crippen molar-refractivity contribution in [2.24, 2.45) is 0 Å². The largest absolute Gasteiger partial charge is 0.208 e. The lowest BCUT2D eigenvalue weighted by atomic mass is 9.99. The van der Waals surface area contributed by atoms with E-state index >= 15 is 0 Å². The van der Waals surface area contributed by atoms with Gasteiger partial charge in [-0.25, -0.2) is 15.0 Å². The maximum absolute atomic E-state index is 5.08. The number of benzene rings is 7. The van der Waals surface area contributed by atoms with Crippen molar-refractivity contribution in [1.82, 2.24) is 15.0 Å². The molecule has 7 aromatic carbocycles. The van der Waals surface area contributed by atoms with Gasteiger partial charge in [-0.05, 0) is 62.7 Å². The Kier molecular flexibility index (Phi) is 7.92. The summed E-state index contributed by atoms with van der Waals surface area (Å²) in [5, 5.41) is 0. The van der Waals surface area contributed by atoms with Gasteiger partial charge in [0, 0.05) is 16.7 Å². The SMILES string of the molecule is c1ccc(-c2ccc(-c3cccc(-c4nc(-c5cccc(-c6ccccc6)c5)nc(-c5cccc(-c6ccccc6)c5)n4)c3)cc2)cc1. The highest BCUT2D eigenvalue weighted by molar-refractivity contribution is 5.77. The summed E-state index contributed by atoms with van der Waals surface area (Å²) < 4.78 is 0. The molecule has 0 aliphatic rings. The fourth-order valence-corrected chi connectivity index (χ4v) is 6.02. The summed E-state index contributed by atoms with van der Waals surface area (Å²) >= 11 is 0. The Morgan fingerprint density at radius 3 is 0.750 bits per heavy atom. The van der Waals surface area contributed by atoms with E-state index in [2.05, 4.69) is 170 Å². The highest BCUT2D eigenvalue weighted by Gasteiger charge is 2.14. The van der Waals surface area contributed by atoms with E-state index in [1.807, 2.05) is 18.2 Å². The van der Waals surface area contributed by atoms with E-state index in [0.717, 1.165) is 50.1 Å². The van der Waals surface area contributed by atoms with Gasteiger partial charge in [-0.1, -0.05) is 170 Å². The molecule has 3 heteroatoms. The van der Waals surface area contributed by atoms with Crippen molar-refractivity contribution < 1.29 is 0 Å². The molecule has 0 saturated carbocycles. The molecule has 226 valence electrons. The van der Waals surface area contributed by atoms with Crippen LogP contribution in [-0.4, -0.2) is 15.0 Å². The Morgan fingerprint density at radius 1 is 0.188 bits per heavy atom. The Labute approximate surface area is 280 Å². The molecule has 8 aromatic rings. The Bertz CT molecular complexity index is 2210. The van der Waals surface area contributed by atoms with Gasteiger partial charge in [-0.15, -0.1) is 0 Å². The van der Waals surface area contributed by atoms with Crippen LogP contribution in [0.15, 0.2) is 188 Å². The quantitative estimate of drug-likeness (QED) is 0.179. The molecule has 0 saturated heterocycles. The van der Waals surface area contributed by atoms with Crippen LogP contribution in [0, 0.1) is 0 Å². The first kappa shape index (κ1) is 29.0.